The quantitative estimate of drug-likeness (QED) is 0.139. The van der Waals surface area contributed by atoms with Gasteiger partial charge in [0, 0.05) is 36.8 Å². The molecule has 4 aliphatic rings. The number of carboxylic acid groups (broad SMARTS) is 1. The first kappa shape index (κ1) is 40.7. The molecule has 0 aromatic heterocycles. The smallest absolute Gasteiger partial charge is 0.335 e. The fraction of sp³-hybridized carbons (Fsp3) is 0.583. The van der Waals surface area contributed by atoms with Gasteiger partial charge in [-0.3, -0.25) is 24.1 Å². The van der Waals surface area contributed by atoms with Crippen molar-refractivity contribution in [2.24, 2.45) is 11.8 Å². The van der Waals surface area contributed by atoms with Crippen LogP contribution < -0.4 is 20.3 Å². The van der Waals surface area contributed by atoms with Crippen molar-refractivity contribution < 1.29 is 69.2 Å². The number of carboxylic acids is 1. The zero-order valence-corrected chi connectivity index (χ0v) is 31.2. The lowest BCUT2D eigenvalue weighted by molar-refractivity contribution is -0.271. The molecule has 0 saturated carbocycles. The highest BCUT2D eigenvalue weighted by Gasteiger charge is 2.63. The second-order valence-electron chi connectivity index (χ2n) is 15.7. The van der Waals surface area contributed by atoms with Gasteiger partial charge in [-0.1, -0.05) is 0 Å². The van der Waals surface area contributed by atoms with Crippen LogP contribution in [-0.4, -0.2) is 152 Å². The maximum absolute atomic E-state index is 14.9. The zero-order chi connectivity index (χ0) is 40.5. The van der Waals surface area contributed by atoms with E-state index in [2.05, 4.69) is 10.6 Å². The van der Waals surface area contributed by atoms with E-state index in [9.17, 15) is 59.7 Å². The van der Waals surface area contributed by atoms with Crippen molar-refractivity contribution in [3.05, 3.63) is 39.9 Å². The van der Waals surface area contributed by atoms with Crippen molar-refractivity contribution in [3.8, 4) is 5.75 Å². The second kappa shape index (κ2) is 14.3. The van der Waals surface area contributed by atoms with Gasteiger partial charge in [-0.25, -0.2) is 4.79 Å². The number of aliphatic hydroxyl groups is 6. The van der Waals surface area contributed by atoms with Crippen LogP contribution in [0.5, 0.6) is 5.75 Å². The molecule has 296 valence electrons. The van der Waals surface area contributed by atoms with Crippen LogP contribution in [0.3, 0.4) is 0 Å². The van der Waals surface area contributed by atoms with E-state index in [4.69, 9.17) is 9.47 Å². The van der Waals surface area contributed by atoms with Gasteiger partial charge in [0.25, 0.3) is 0 Å². The monoisotopic (exact) mass is 760 g/mol. The van der Waals surface area contributed by atoms with Crippen LogP contribution in [0.4, 0.5) is 11.4 Å². The van der Waals surface area contributed by atoms with E-state index >= 15 is 0 Å². The molecule has 3 aliphatic carbocycles. The average molecular weight is 761 g/mol. The molecule has 1 fully saturated rings. The maximum atomic E-state index is 14.9. The molecule has 1 heterocycles. The number of carbonyl (C=O) groups excluding carboxylic acids is 4. The van der Waals surface area contributed by atoms with E-state index in [1.807, 2.05) is 20.8 Å². The number of anilines is 2. The molecular weight excluding hydrogens is 712 g/mol. The molecule has 0 radical (unpaired) electrons. The molecule has 9 N–H and O–H groups in total. The number of rotatable bonds is 9. The Hall–Kier alpha value is -4.43. The molecule has 1 aliphatic heterocycles. The third-order valence-corrected chi connectivity index (χ3v) is 10.4. The van der Waals surface area contributed by atoms with E-state index in [1.165, 1.54) is 11.0 Å². The van der Waals surface area contributed by atoms with Crippen molar-refractivity contribution in [1.29, 1.82) is 0 Å². The number of likely N-dealkylation sites (N-methyl/N-ethyl adjacent to an activating group) is 1. The molecule has 0 bridgehead atoms. The van der Waals surface area contributed by atoms with Crippen molar-refractivity contribution in [2.75, 3.05) is 45.0 Å². The minimum Gasteiger partial charge on any atom is -0.510 e. The van der Waals surface area contributed by atoms with E-state index in [1.54, 1.807) is 33.1 Å². The Morgan fingerprint density at radius 1 is 1.04 bits per heavy atom. The van der Waals surface area contributed by atoms with Crippen molar-refractivity contribution >= 4 is 40.6 Å². The third kappa shape index (κ3) is 6.76. The summed E-state index contributed by atoms with van der Waals surface area (Å²) in [5.41, 5.74) is -4.26. The van der Waals surface area contributed by atoms with Crippen LogP contribution in [0.1, 0.15) is 50.0 Å². The van der Waals surface area contributed by atoms with Gasteiger partial charge in [-0.2, -0.15) is 0 Å². The van der Waals surface area contributed by atoms with Crippen LogP contribution in [0, 0.1) is 11.8 Å². The van der Waals surface area contributed by atoms with Crippen LogP contribution >= 0.6 is 0 Å². The summed E-state index contributed by atoms with van der Waals surface area (Å²) in [7, 11) is 6.43. The normalized spacial score (nSPS) is 31.1. The van der Waals surface area contributed by atoms with Gasteiger partial charge in [0.2, 0.25) is 18.0 Å². The summed E-state index contributed by atoms with van der Waals surface area (Å²) in [6, 6.07) is 0.354. The van der Waals surface area contributed by atoms with Crippen LogP contribution in [0.15, 0.2) is 28.7 Å². The second-order valence-corrected chi connectivity index (χ2v) is 15.7. The molecule has 18 nitrogen and oxygen atoms in total. The number of benzene rings is 1. The first-order valence-electron chi connectivity index (χ1n) is 17.3. The summed E-state index contributed by atoms with van der Waals surface area (Å²) in [6.45, 7) is 6.26. The van der Waals surface area contributed by atoms with Gasteiger partial charge in [-0.05, 0) is 72.2 Å². The minimum absolute atomic E-state index is 0.0394. The van der Waals surface area contributed by atoms with Crippen molar-refractivity contribution in [1.82, 2.24) is 10.2 Å². The number of nitrogens with one attached hydrogen (secondary N) is 2. The summed E-state index contributed by atoms with van der Waals surface area (Å²) in [6.07, 6.45) is -10.5. The molecular formula is C36H48N4O14. The zero-order valence-electron chi connectivity index (χ0n) is 31.2. The Balaban J connectivity index is 1.74. The average Bonchev–Trinajstić information content (AvgIpc) is 3.05. The molecule has 1 aromatic rings. The number of ether oxygens (including phenoxy) is 2. The number of amides is 1. The van der Waals surface area contributed by atoms with Crippen LogP contribution in [0.2, 0.25) is 0 Å². The summed E-state index contributed by atoms with van der Waals surface area (Å²) in [5.74, 6) is -9.64. The number of allylic oxidation sites excluding steroid dienone is 1. The highest BCUT2D eigenvalue weighted by molar-refractivity contribution is 6.25. The number of Topliss-reactive ketones (excluding diaryl/α,β-unsaturated/α-hetero) is 3. The summed E-state index contributed by atoms with van der Waals surface area (Å²) >= 11 is 0. The molecule has 5 rings (SSSR count). The minimum atomic E-state index is -2.82. The number of fused-ring (bicyclic) bond motifs is 3. The van der Waals surface area contributed by atoms with Gasteiger partial charge in [0.05, 0.1) is 23.8 Å². The lowest BCUT2D eigenvalue weighted by Gasteiger charge is -2.50. The van der Waals surface area contributed by atoms with Gasteiger partial charge < -0.3 is 60.8 Å². The maximum Gasteiger partial charge on any atom is 0.335 e. The Morgan fingerprint density at radius 3 is 2.20 bits per heavy atom. The number of aliphatic carboxylic acids is 1. The molecule has 1 aromatic carbocycles. The number of hydrogen-bond acceptors (Lipinski definition) is 16. The molecule has 18 heteroatoms. The topological polar surface area (TPSA) is 276 Å². The predicted octanol–water partition coefficient (Wildman–Crippen LogP) is -0.818. The molecule has 1 amide bonds. The Kier molecular flexibility index (Phi) is 10.8. The van der Waals surface area contributed by atoms with Crippen molar-refractivity contribution in [3.63, 3.8) is 0 Å². The highest BCUT2D eigenvalue weighted by Crippen LogP contribution is 2.54. The largest absolute Gasteiger partial charge is 0.510 e. The Bertz CT molecular complexity index is 1850. The molecule has 54 heavy (non-hydrogen) atoms. The van der Waals surface area contributed by atoms with Gasteiger partial charge >= 0.3 is 5.97 Å². The standard InChI is InChI=1S/C36H48N4O14/c1-13(41)20-25(44)23(40(7)8)16-10-14-9-15-18(39(5)6)11-17(38-19(42)12-37-35(2,3)4)29(22(15)24(43)21(14)32(49)36(16,52)31(20)48)53-34-28(47)26(45)27(46)30(54-34)33(50)51/h11,14,16,23,26-28,30,34,37,44-47,49,52H,9-10,12H2,1-8H3,(H,38,42)(H,50,51)/t14-,16-,23+,26-,27-,28+,30-,34+,36+/m0/s1. The molecule has 0 unspecified atom stereocenters. The molecule has 1 saturated heterocycles. The fourth-order valence-electron chi connectivity index (χ4n) is 7.81. The van der Waals surface area contributed by atoms with Crippen molar-refractivity contribution in [2.45, 2.75) is 88.4 Å². The third-order valence-electron chi connectivity index (χ3n) is 10.4. The number of aliphatic hydroxyl groups excluding tert-OH is 5. The van der Waals surface area contributed by atoms with Gasteiger partial charge in [-0.15, -0.1) is 0 Å². The first-order chi connectivity index (χ1) is 24.9. The fourth-order valence-corrected chi connectivity index (χ4v) is 7.81. The Labute approximate surface area is 310 Å². The predicted molar refractivity (Wildman–Crippen MR) is 189 cm³/mol. The number of carbonyl (C=O) groups is 5. The van der Waals surface area contributed by atoms with E-state index in [0.717, 1.165) is 6.92 Å². The van der Waals surface area contributed by atoms with E-state index in [-0.39, 0.29) is 30.6 Å². The van der Waals surface area contributed by atoms with E-state index in [0.29, 0.717) is 11.3 Å². The SMILES string of the molecule is CC(=O)C1=C(O)[C@H](N(C)C)[C@@H]2C[C@@H]3Cc4c(N(C)C)cc(NC(=O)CNC(C)(C)C)c(O[C@@H]5O[C@H](C(=O)O)[C@@H](O)[C@H](O)[C@H]5O)c4C(=O)C3=C(O)[C@]2(O)C1=O. The molecule has 0 spiro atoms. The van der Waals surface area contributed by atoms with Gasteiger partial charge in [0.15, 0.2) is 29.0 Å². The number of ketones is 3. The summed E-state index contributed by atoms with van der Waals surface area (Å²) in [4.78, 5) is 69.7. The lowest BCUT2D eigenvalue weighted by Crippen LogP contribution is -2.63. The van der Waals surface area contributed by atoms with Crippen LogP contribution in [0.25, 0.3) is 0 Å². The van der Waals surface area contributed by atoms with E-state index < -0.39 is 117 Å². The summed E-state index contributed by atoms with van der Waals surface area (Å²) < 4.78 is 11.4. The lowest BCUT2D eigenvalue weighted by atomic mass is 9.58. The molecule has 9 atom stereocenters. The first-order valence-corrected chi connectivity index (χ1v) is 17.3. The highest BCUT2D eigenvalue weighted by atomic mass is 16.7. The van der Waals surface area contributed by atoms with Crippen LogP contribution in [-0.2, 0) is 30.3 Å². The number of hydrogen-bond donors (Lipinski definition) is 9. The summed E-state index contributed by atoms with van der Waals surface area (Å²) in [5, 5.41) is 82.3. The van der Waals surface area contributed by atoms with Gasteiger partial charge in [0.1, 0.15) is 35.4 Å². The number of nitrogens with zero attached hydrogens (tertiary/aromatic N) is 2. The Morgan fingerprint density at radius 2 is 1.67 bits per heavy atom.